The third kappa shape index (κ3) is 3.49. The Bertz CT molecular complexity index is 535. The molecule has 0 saturated carbocycles. The first-order valence-electron chi connectivity index (χ1n) is 6.53. The molecule has 1 aliphatic rings. The van der Waals surface area contributed by atoms with E-state index in [4.69, 9.17) is 11.6 Å². The molecule has 21 heavy (non-hydrogen) atoms. The molecule has 1 amide bonds. The maximum atomic E-state index is 12.8. The van der Waals surface area contributed by atoms with Crippen molar-refractivity contribution in [3.63, 3.8) is 0 Å². The number of alkyl halides is 3. The van der Waals surface area contributed by atoms with Gasteiger partial charge in [0.2, 0.25) is 0 Å². The van der Waals surface area contributed by atoms with E-state index < -0.39 is 30.3 Å². The molecule has 7 heteroatoms. The zero-order chi connectivity index (χ0) is 15.8. The van der Waals surface area contributed by atoms with E-state index >= 15 is 0 Å². The molecule has 2 rings (SSSR count). The van der Waals surface area contributed by atoms with Crippen LogP contribution in [0.3, 0.4) is 0 Å². The molecular formula is C14H15ClF3NO2. The van der Waals surface area contributed by atoms with Gasteiger partial charge in [0, 0.05) is 11.1 Å². The highest BCUT2D eigenvalue weighted by Gasteiger charge is 2.48. The van der Waals surface area contributed by atoms with E-state index in [0.29, 0.717) is 10.6 Å². The Labute approximate surface area is 125 Å². The molecule has 1 N–H and O–H groups in total. The lowest BCUT2D eigenvalue weighted by Crippen LogP contribution is -2.52. The van der Waals surface area contributed by atoms with Gasteiger partial charge in [0.05, 0.1) is 12.1 Å². The van der Waals surface area contributed by atoms with Crippen molar-refractivity contribution >= 4 is 17.5 Å². The third-order valence-electron chi connectivity index (χ3n) is 3.63. The molecule has 1 aromatic carbocycles. The van der Waals surface area contributed by atoms with Crippen LogP contribution in [0.4, 0.5) is 13.2 Å². The smallest absolute Gasteiger partial charge is 0.393 e. The third-order valence-corrected chi connectivity index (χ3v) is 3.86. The fraction of sp³-hybridized carbons (Fsp3) is 0.500. The van der Waals surface area contributed by atoms with Gasteiger partial charge in [-0.3, -0.25) is 4.79 Å². The first kappa shape index (κ1) is 16.1. The van der Waals surface area contributed by atoms with Gasteiger partial charge in [-0.15, -0.1) is 0 Å². The number of halogens is 4. The summed E-state index contributed by atoms with van der Waals surface area (Å²) >= 11 is 5.87. The number of piperidine rings is 1. The first-order chi connectivity index (χ1) is 9.70. The summed E-state index contributed by atoms with van der Waals surface area (Å²) in [5, 5.41) is 10.2. The molecule has 0 radical (unpaired) electrons. The Morgan fingerprint density at radius 3 is 2.62 bits per heavy atom. The fourth-order valence-corrected chi connectivity index (χ4v) is 2.98. The Kier molecular flexibility index (Phi) is 4.49. The molecule has 0 aliphatic carbocycles. The second-order valence-electron chi connectivity index (χ2n) is 5.26. The molecule has 1 saturated heterocycles. The highest BCUT2D eigenvalue weighted by molar-refractivity contribution is 6.30. The number of hydrogen-bond acceptors (Lipinski definition) is 2. The summed E-state index contributed by atoms with van der Waals surface area (Å²) in [7, 11) is 0. The number of rotatable bonds is 1. The lowest BCUT2D eigenvalue weighted by atomic mass is 9.89. The standard InChI is InChI=1S/C14H15ClF3NO2/c1-8-5-11(20)7-12(9-3-2-4-10(15)6-9)19(8)13(21)14(16,17)18/h2-4,6,8,11-12,20H,5,7H2,1H3/t8-,11+,12-/m1/s1. The van der Waals surface area contributed by atoms with Crippen molar-refractivity contribution in [2.75, 3.05) is 0 Å². The highest BCUT2D eigenvalue weighted by Crippen LogP contribution is 2.38. The molecule has 0 spiro atoms. The predicted octanol–water partition coefficient (Wildman–Crippen LogP) is 3.32. The van der Waals surface area contributed by atoms with Crippen molar-refractivity contribution in [2.24, 2.45) is 0 Å². The van der Waals surface area contributed by atoms with Crippen LogP contribution in [0.5, 0.6) is 0 Å². The summed E-state index contributed by atoms with van der Waals surface area (Å²) in [4.78, 5) is 12.5. The lowest BCUT2D eigenvalue weighted by Gasteiger charge is -2.43. The normalized spacial score (nSPS) is 26.8. The van der Waals surface area contributed by atoms with Crippen molar-refractivity contribution in [1.29, 1.82) is 0 Å². The summed E-state index contributed by atoms with van der Waals surface area (Å²) < 4.78 is 38.4. The van der Waals surface area contributed by atoms with Gasteiger partial charge >= 0.3 is 12.1 Å². The minimum atomic E-state index is -4.94. The van der Waals surface area contributed by atoms with Gasteiger partial charge in [-0.05, 0) is 37.5 Å². The second kappa shape index (κ2) is 5.85. The summed E-state index contributed by atoms with van der Waals surface area (Å²) in [6.07, 6.45) is -5.50. The van der Waals surface area contributed by atoms with Gasteiger partial charge in [0.15, 0.2) is 0 Å². The largest absolute Gasteiger partial charge is 0.471 e. The van der Waals surface area contributed by atoms with Crippen molar-refractivity contribution < 1.29 is 23.1 Å². The molecule has 0 aromatic heterocycles. The Morgan fingerprint density at radius 1 is 1.38 bits per heavy atom. The van der Waals surface area contributed by atoms with Gasteiger partial charge in [-0.2, -0.15) is 13.2 Å². The van der Waals surface area contributed by atoms with Gasteiger partial charge in [0.25, 0.3) is 0 Å². The number of aliphatic hydroxyl groups is 1. The van der Waals surface area contributed by atoms with E-state index in [9.17, 15) is 23.1 Å². The van der Waals surface area contributed by atoms with Crippen LogP contribution in [0.15, 0.2) is 24.3 Å². The Morgan fingerprint density at radius 2 is 2.05 bits per heavy atom. The van der Waals surface area contributed by atoms with E-state index in [-0.39, 0.29) is 12.8 Å². The zero-order valence-electron chi connectivity index (χ0n) is 11.3. The summed E-state index contributed by atoms with van der Waals surface area (Å²) in [6, 6.07) is 4.80. The van der Waals surface area contributed by atoms with Crippen LogP contribution in [0.1, 0.15) is 31.4 Å². The van der Waals surface area contributed by atoms with Crippen LogP contribution in [-0.2, 0) is 4.79 Å². The molecule has 0 bridgehead atoms. The minimum absolute atomic E-state index is 0.0620. The van der Waals surface area contributed by atoms with Gasteiger partial charge in [0.1, 0.15) is 0 Å². The average molecular weight is 322 g/mol. The number of hydrogen-bond donors (Lipinski definition) is 1. The highest BCUT2D eigenvalue weighted by atomic mass is 35.5. The zero-order valence-corrected chi connectivity index (χ0v) is 12.0. The maximum absolute atomic E-state index is 12.8. The average Bonchev–Trinajstić information content (AvgIpc) is 2.36. The summed E-state index contributed by atoms with van der Waals surface area (Å²) in [5.74, 6) is -1.88. The number of nitrogens with zero attached hydrogens (tertiary/aromatic N) is 1. The van der Waals surface area contributed by atoms with Gasteiger partial charge < -0.3 is 10.0 Å². The predicted molar refractivity (Wildman–Crippen MR) is 71.8 cm³/mol. The van der Waals surface area contributed by atoms with Crippen LogP contribution in [0.2, 0.25) is 5.02 Å². The summed E-state index contributed by atoms with van der Waals surface area (Å²) in [6.45, 7) is 1.50. The van der Waals surface area contributed by atoms with E-state index in [1.54, 1.807) is 18.2 Å². The number of carbonyl (C=O) groups is 1. The maximum Gasteiger partial charge on any atom is 0.471 e. The van der Waals surface area contributed by atoms with Crippen LogP contribution in [0.25, 0.3) is 0 Å². The van der Waals surface area contributed by atoms with E-state index in [1.165, 1.54) is 13.0 Å². The first-order valence-corrected chi connectivity index (χ1v) is 6.91. The van der Waals surface area contributed by atoms with E-state index in [0.717, 1.165) is 4.90 Å². The molecule has 3 atom stereocenters. The quantitative estimate of drug-likeness (QED) is 0.862. The fourth-order valence-electron chi connectivity index (χ4n) is 2.78. The molecule has 1 fully saturated rings. The molecule has 1 aromatic rings. The molecule has 3 nitrogen and oxygen atoms in total. The van der Waals surface area contributed by atoms with E-state index in [2.05, 4.69) is 0 Å². The second-order valence-corrected chi connectivity index (χ2v) is 5.69. The van der Waals surface area contributed by atoms with Crippen LogP contribution < -0.4 is 0 Å². The molecular weight excluding hydrogens is 307 g/mol. The number of aliphatic hydroxyl groups excluding tert-OH is 1. The van der Waals surface area contributed by atoms with Gasteiger partial charge in [-0.25, -0.2) is 0 Å². The lowest BCUT2D eigenvalue weighted by molar-refractivity contribution is -0.194. The molecule has 1 heterocycles. The van der Waals surface area contributed by atoms with E-state index in [1.807, 2.05) is 0 Å². The Hall–Kier alpha value is -1.27. The topological polar surface area (TPSA) is 40.5 Å². The Balaban J connectivity index is 2.40. The van der Waals surface area contributed by atoms with Crippen molar-refractivity contribution in [3.05, 3.63) is 34.9 Å². The minimum Gasteiger partial charge on any atom is -0.393 e. The number of amides is 1. The number of carbonyl (C=O) groups excluding carboxylic acids is 1. The summed E-state index contributed by atoms with van der Waals surface area (Å²) in [5.41, 5.74) is 0.491. The molecule has 0 unspecified atom stereocenters. The van der Waals surface area contributed by atoms with Crippen LogP contribution in [-0.4, -0.2) is 34.2 Å². The van der Waals surface area contributed by atoms with Crippen molar-refractivity contribution in [1.82, 2.24) is 4.90 Å². The van der Waals surface area contributed by atoms with Crippen LogP contribution >= 0.6 is 11.6 Å². The number of likely N-dealkylation sites (tertiary alicyclic amines) is 1. The van der Waals surface area contributed by atoms with Gasteiger partial charge in [-0.1, -0.05) is 23.7 Å². The molecule has 1 aliphatic heterocycles. The number of benzene rings is 1. The molecule has 116 valence electrons. The van der Waals surface area contributed by atoms with Crippen molar-refractivity contribution in [3.8, 4) is 0 Å². The monoisotopic (exact) mass is 321 g/mol. The SMILES string of the molecule is C[C@@H]1C[C@H](O)C[C@H](c2cccc(Cl)c2)N1C(=O)C(F)(F)F. The van der Waals surface area contributed by atoms with Crippen molar-refractivity contribution in [2.45, 2.75) is 44.1 Å². The van der Waals surface area contributed by atoms with Crippen LogP contribution in [0, 0.1) is 0 Å².